The van der Waals surface area contributed by atoms with Gasteiger partial charge in [-0.3, -0.25) is 9.29 Å². The van der Waals surface area contributed by atoms with E-state index in [1.54, 1.807) is 36.4 Å². The number of ether oxygens (including phenoxy) is 4. The third kappa shape index (κ3) is 6.45. The molecule has 0 unspecified atom stereocenters. The lowest BCUT2D eigenvalue weighted by molar-refractivity contribution is 0.119. The van der Waals surface area contributed by atoms with E-state index in [0.29, 0.717) is 17.2 Å². The predicted octanol–water partition coefficient (Wildman–Crippen LogP) is 3.03. The van der Waals surface area contributed by atoms with E-state index in [2.05, 4.69) is 19.9 Å². The molecule has 0 bridgehead atoms. The molecule has 2 aromatic carbocycles. The van der Waals surface area contributed by atoms with E-state index in [0.717, 1.165) is 18.4 Å². The number of hydrogen-bond donors (Lipinski definition) is 1. The molecule has 0 saturated heterocycles. The highest BCUT2D eigenvalue weighted by Crippen LogP contribution is 2.38. The van der Waals surface area contributed by atoms with Crippen LogP contribution in [-0.4, -0.2) is 77.0 Å². The van der Waals surface area contributed by atoms with E-state index in [-0.39, 0.29) is 28.9 Å². The molecule has 0 aliphatic rings. The van der Waals surface area contributed by atoms with E-state index in [1.807, 2.05) is 0 Å². The lowest BCUT2D eigenvalue weighted by atomic mass is 10.1. The first kappa shape index (κ1) is 30.7. The van der Waals surface area contributed by atoms with Crippen LogP contribution >= 0.6 is 0 Å². The second-order valence-electron chi connectivity index (χ2n) is 8.82. The number of sulfonamides is 1. The Hall–Kier alpha value is -4.28. The van der Waals surface area contributed by atoms with Gasteiger partial charge in [-0.1, -0.05) is 18.2 Å². The molecule has 0 fully saturated rings. The number of para-hydroxylation sites is 1. The summed E-state index contributed by atoms with van der Waals surface area (Å²) in [4.78, 5) is 4.01. The van der Waals surface area contributed by atoms with Crippen LogP contribution < -0.4 is 18.9 Å². The molecule has 0 radical (unpaired) electrons. The first-order valence-corrected chi connectivity index (χ1v) is 15.7. The fourth-order valence-electron chi connectivity index (χ4n) is 4.19. The van der Waals surface area contributed by atoms with Crippen LogP contribution in [0.25, 0.3) is 17.2 Å². The molecule has 0 aliphatic heterocycles. The summed E-state index contributed by atoms with van der Waals surface area (Å²) < 4.78 is 91.0. The van der Waals surface area contributed by atoms with Crippen LogP contribution in [0.3, 0.4) is 0 Å². The number of halogens is 1. The number of pyridine rings is 1. The van der Waals surface area contributed by atoms with E-state index >= 15 is 0 Å². The van der Waals surface area contributed by atoms with E-state index in [9.17, 15) is 21.2 Å². The second-order valence-corrected chi connectivity index (χ2v) is 12.6. The van der Waals surface area contributed by atoms with Gasteiger partial charge >= 0.3 is 0 Å². The van der Waals surface area contributed by atoms with E-state index < -0.39 is 42.4 Å². The van der Waals surface area contributed by atoms with Crippen LogP contribution in [0.15, 0.2) is 59.5 Å². The third-order valence-electron chi connectivity index (χ3n) is 6.07. The zero-order valence-electron chi connectivity index (χ0n) is 23.2. The lowest BCUT2D eigenvalue weighted by Crippen LogP contribution is -2.25. The highest BCUT2D eigenvalue weighted by Gasteiger charge is 2.30. The number of aromatic nitrogens is 4. The minimum Gasteiger partial charge on any atom is -0.494 e. The quantitative estimate of drug-likeness (QED) is 0.248. The Balaban J connectivity index is 1.84. The Bertz CT molecular complexity index is 1790. The molecule has 4 rings (SSSR count). The topological polar surface area (TPSA) is 161 Å². The molecule has 16 heteroatoms. The van der Waals surface area contributed by atoms with Gasteiger partial charge in [-0.2, -0.15) is 0 Å². The molecular formula is C26H28FN5O8S2. The minimum atomic E-state index is -4.33. The number of hydrogen-bond acceptors (Lipinski definition) is 11. The van der Waals surface area contributed by atoms with Crippen molar-refractivity contribution in [3.63, 3.8) is 0 Å². The average Bonchev–Trinajstić information content (AvgIpc) is 3.37. The van der Waals surface area contributed by atoms with E-state index in [1.165, 1.54) is 39.1 Å². The number of methoxy groups -OCH3 is 4. The van der Waals surface area contributed by atoms with Gasteiger partial charge in [0.1, 0.15) is 28.7 Å². The molecule has 0 saturated carbocycles. The van der Waals surface area contributed by atoms with Gasteiger partial charge in [0, 0.05) is 25.0 Å². The fraction of sp³-hybridized carbons (Fsp3) is 0.269. The fourth-order valence-corrected chi connectivity index (χ4v) is 6.36. The Morgan fingerprint density at radius 2 is 1.57 bits per heavy atom. The molecule has 1 atom stereocenters. The Morgan fingerprint density at radius 3 is 2.17 bits per heavy atom. The van der Waals surface area contributed by atoms with Crippen molar-refractivity contribution in [2.45, 2.75) is 11.0 Å². The maximum absolute atomic E-state index is 13.9. The molecule has 0 spiro atoms. The number of sulfone groups is 1. The van der Waals surface area contributed by atoms with Crippen LogP contribution in [0.2, 0.25) is 0 Å². The van der Waals surface area contributed by atoms with Crippen molar-refractivity contribution in [1.82, 2.24) is 19.7 Å². The van der Waals surface area contributed by atoms with Gasteiger partial charge in [-0.15, -0.1) is 10.2 Å². The van der Waals surface area contributed by atoms with Crippen molar-refractivity contribution in [3.8, 4) is 34.6 Å². The van der Waals surface area contributed by atoms with Crippen molar-refractivity contribution in [2.24, 2.45) is 0 Å². The van der Waals surface area contributed by atoms with Gasteiger partial charge in [0.15, 0.2) is 15.7 Å². The monoisotopic (exact) mass is 621 g/mol. The van der Waals surface area contributed by atoms with Crippen molar-refractivity contribution in [2.75, 3.05) is 45.2 Å². The van der Waals surface area contributed by atoms with Gasteiger partial charge in [-0.05, 0) is 30.3 Å². The van der Waals surface area contributed by atoms with Gasteiger partial charge in [0.05, 0.1) is 38.1 Å². The summed E-state index contributed by atoms with van der Waals surface area (Å²) >= 11 is 0. The number of nitrogens with one attached hydrogen (secondary N) is 1. The number of nitrogens with zero attached hydrogens (tertiary/aromatic N) is 4. The van der Waals surface area contributed by atoms with Crippen molar-refractivity contribution < 1.29 is 40.2 Å². The predicted molar refractivity (Wildman–Crippen MR) is 151 cm³/mol. The number of benzene rings is 2. The smallest absolute Gasteiger partial charge is 0.243 e. The van der Waals surface area contributed by atoms with Gasteiger partial charge < -0.3 is 18.9 Å². The molecule has 224 valence electrons. The largest absolute Gasteiger partial charge is 0.494 e. The average molecular weight is 622 g/mol. The summed E-state index contributed by atoms with van der Waals surface area (Å²) in [7, 11) is -2.73. The first-order chi connectivity index (χ1) is 19.9. The number of anilines is 1. The third-order valence-corrected chi connectivity index (χ3v) is 8.46. The van der Waals surface area contributed by atoms with Gasteiger partial charge in [-0.25, -0.2) is 26.2 Å². The molecule has 2 aromatic heterocycles. The Morgan fingerprint density at radius 1 is 0.905 bits per heavy atom. The standard InChI is InChI=1S/C26H28FN5O8S2/c1-37-19-9-7-10-20(38-2)24(19)32-25(18-8-6-11-23(28-18)40-4)29-30-26(32)31-42(35,36)15-21(39-3)17-13-12-16(27)14-22(17)41(5,33)34/h6-14,21H,15H2,1-5H3,(H,30,31)/t21-/m1/s1. The molecule has 0 aliphatic carbocycles. The SMILES string of the molecule is COc1cccc(-c2nnc(NS(=O)(=O)C[C@@H](OC)c3ccc(F)cc3S(C)(=O)=O)n2-c2c(OC)cccc2OC)n1. The highest BCUT2D eigenvalue weighted by molar-refractivity contribution is 7.92. The molecule has 13 nitrogen and oxygen atoms in total. The first-order valence-electron chi connectivity index (χ1n) is 12.1. The highest BCUT2D eigenvalue weighted by atomic mass is 32.2. The summed E-state index contributed by atoms with van der Waals surface area (Å²) in [5.74, 6) is -0.798. The normalized spacial score (nSPS) is 12.5. The minimum absolute atomic E-state index is 0.0269. The van der Waals surface area contributed by atoms with Crippen molar-refractivity contribution in [1.29, 1.82) is 0 Å². The van der Waals surface area contributed by atoms with Crippen molar-refractivity contribution >= 4 is 25.8 Å². The van der Waals surface area contributed by atoms with Crippen molar-refractivity contribution in [3.05, 3.63) is 66.0 Å². The Kier molecular flexibility index (Phi) is 8.98. The second kappa shape index (κ2) is 12.3. The van der Waals surface area contributed by atoms with Crippen LogP contribution in [0.4, 0.5) is 10.3 Å². The Labute approximate surface area is 242 Å². The summed E-state index contributed by atoms with van der Waals surface area (Å²) in [5, 5.41) is 8.27. The molecule has 0 amide bonds. The van der Waals surface area contributed by atoms with Gasteiger partial charge in [0.2, 0.25) is 21.9 Å². The summed E-state index contributed by atoms with van der Waals surface area (Å²) in [5.41, 5.74) is 0.533. The van der Waals surface area contributed by atoms with E-state index in [4.69, 9.17) is 18.9 Å². The summed E-state index contributed by atoms with van der Waals surface area (Å²) in [6.45, 7) is 0. The molecule has 2 heterocycles. The number of rotatable bonds is 12. The zero-order chi connectivity index (χ0) is 30.7. The zero-order valence-corrected chi connectivity index (χ0v) is 24.9. The van der Waals surface area contributed by atoms with Crippen LogP contribution in [0.5, 0.6) is 17.4 Å². The van der Waals surface area contributed by atoms with Crippen LogP contribution in [0.1, 0.15) is 11.7 Å². The van der Waals surface area contributed by atoms with Gasteiger partial charge in [0.25, 0.3) is 0 Å². The maximum atomic E-state index is 13.9. The maximum Gasteiger partial charge on any atom is 0.243 e. The van der Waals surface area contributed by atoms with Crippen LogP contribution in [0, 0.1) is 5.82 Å². The molecule has 4 aromatic rings. The molecule has 42 heavy (non-hydrogen) atoms. The summed E-state index contributed by atoms with van der Waals surface area (Å²) in [6.07, 6.45) is -0.397. The van der Waals surface area contributed by atoms with Crippen LogP contribution in [-0.2, 0) is 24.6 Å². The molecule has 1 N–H and O–H groups in total. The molecular weight excluding hydrogens is 593 g/mol. The summed E-state index contributed by atoms with van der Waals surface area (Å²) in [6, 6.07) is 12.9. The lowest BCUT2D eigenvalue weighted by Gasteiger charge is -2.20.